The molecule has 194 valence electrons. The van der Waals surface area contributed by atoms with Gasteiger partial charge in [0.2, 0.25) is 5.91 Å². The Morgan fingerprint density at radius 3 is 2.33 bits per heavy atom. The lowest BCUT2D eigenvalue weighted by Crippen LogP contribution is -2.34. The SMILES string of the molecule is CCC1SC(=O)N(Cc2ccc(NC(=O)C(C)(C)C)cc2)N=C1c1ccc(OC)c(OC(F)(F)F)c1. The number of ether oxygens (including phenoxy) is 2. The molecule has 0 saturated heterocycles. The van der Waals surface area contributed by atoms with Gasteiger partial charge in [-0.15, -0.1) is 13.2 Å². The van der Waals surface area contributed by atoms with E-state index in [-0.39, 0.29) is 28.7 Å². The standard InChI is InChI=1S/C25H28F3N3O4S/c1-6-20-21(16-9-12-18(34-5)19(13-16)35-25(26,27)28)30-31(23(33)36-20)14-15-7-10-17(11-8-15)29-22(32)24(2,3)4/h7-13,20H,6,14H2,1-5H3,(H,29,32). The van der Waals surface area contributed by atoms with Gasteiger partial charge in [0.05, 0.1) is 24.6 Å². The Hall–Kier alpha value is -3.21. The molecule has 0 radical (unpaired) electrons. The molecule has 2 aromatic rings. The van der Waals surface area contributed by atoms with Gasteiger partial charge in [-0.3, -0.25) is 9.59 Å². The van der Waals surface area contributed by atoms with E-state index in [2.05, 4.69) is 15.2 Å². The fourth-order valence-corrected chi connectivity index (χ4v) is 4.25. The molecule has 2 aromatic carbocycles. The summed E-state index contributed by atoms with van der Waals surface area (Å²) in [5.41, 5.74) is 1.72. The maximum Gasteiger partial charge on any atom is 0.573 e. The van der Waals surface area contributed by atoms with E-state index in [1.165, 1.54) is 24.3 Å². The number of amides is 2. The topological polar surface area (TPSA) is 80.2 Å². The number of halogens is 3. The lowest BCUT2D eigenvalue weighted by molar-refractivity contribution is -0.275. The number of carbonyl (C=O) groups excluding carboxylic acids is 2. The van der Waals surface area contributed by atoms with Gasteiger partial charge in [0, 0.05) is 16.7 Å². The van der Waals surface area contributed by atoms with Crippen molar-refractivity contribution >= 4 is 34.3 Å². The van der Waals surface area contributed by atoms with Crippen molar-refractivity contribution in [1.82, 2.24) is 5.01 Å². The molecule has 1 heterocycles. The van der Waals surface area contributed by atoms with Crippen LogP contribution in [0.5, 0.6) is 11.5 Å². The van der Waals surface area contributed by atoms with E-state index >= 15 is 0 Å². The summed E-state index contributed by atoms with van der Waals surface area (Å²) in [4.78, 5) is 24.9. The van der Waals surface area contributed by atoms with Gasteiger partial charge in [-0.1, -0.05) is 51.6 Å². The first-order valence-electron chi connectivity index (χ1n) is 11.2. The molecule has 0 bridgehead atoms. The highest BCUT2D eigenvalue weighted by atomic mass is 32.2. The van der Waals surface area contributed by atoms with E-state index in [4.69, 9.17) is 4.74 Å². The molecular formula is C25H28F3N3O4S. The van der Waals surface area contributed by atoms with Crippen LogP contribution >= 0.6 is 11.8 Å². The Labute approximate surface area is 212 Å². The number of methoxy groups -OCH3 is 1. The zero-order valence-corrected chi connectivity index (χ0v) is 21.4. The number of anilines is 1. The third-order valence-corrected chi connectivity index (χ3v) is 6.52. The molecule has 0 aliphatic carbocycles. The zero-order valence-electron chi connectivity index (χ0n) is 20.6. The lowest BCUT2D eigenvalue weighted by atomic mass is 9.95. The van der Waals surface area contributed by atoms with Crippen molar-refractivity contribution in [2.45, 2.75) is 52.3 Å². The first-order chi connectivity index (χ1) is 16.8. The minimum atomic E-state index is -4.89. The van der Waals surface area contributed by atoms with E-state index in [1.807, 2.05) is 27.7 Å². The van der Waals surface area contributed by atoms with Crippen LogP contribution in [0.4, 0.5) is 23.7 Å². The summed E-state index contributed by atoms with van der Waals surface area (Å²) >= 11 is 1.06. The number of nitrogens with zero attached hydrogens (tertiary/aromatic N) is 2. The molecule has 0 fully saturated rings. The minimum Gasteiger partial charge on any atom is -0.493 e. The van der Waals surface area contributed by atoms with Crippen molar-refractivity contribution in [3.05, 3.63) is 53.6 Å². The number of hydrogen-bond donors (Lipinski definition) is 1. The van der Waals surface area contributed by atoms with Crippen LogP contribution in [0.15, 0.2) is 47.6 Å². The Bertz CT molecular complexity index is 1140. The molecule has 11 heteroatoms. The molecule has 2 amide bonds. The van der Waals surface area contributed by atoms with Crippen LogP contribution in [0.3, 0.4) is 0 Å². The second-order valence-electron chi connectivity index (χ2n) is 9.14. The molecule has 1 aliphatic heterocycles. The lowest BCUT2D eigenvalue weighted by Gasteiger charge is -2.28. The first-order valence-corrected chi connectivity index (χ1v) is 12.1. The number of hydrogen-bond acceptors (Lipinski definition) is 6. The predicted octanol–water partition coefficient (Wildman–Crippen LogP) is 6.43. The van der Waals surface area contributed by atoms with Crippen molar-refractivity contribution in [2.75, 3.05) is 12.4 Å². The molecule has 0 spiro atoms. The molecule has 7 nitrogen and oxygen atoms in total. The van der Waals surface area contributed by atoms with E-state index < -0.39 is 17.5 Å². The van der Waals surface area contributed by atoms with E-state index in [1.54, 1.807) is 30.3 Å². The molecule has 1 atom stereocenters. The van der Waals surface area contributed by atoms with Gasteiger partial charge in [0.1, 0.15) is 0 Å². The van der Waals surface area contributed by atoms with Crippen LogP contribution in [0, 0.1) is 5.41 Å². The Morgan fingerprint density at radius 2 is 1.78 bits per heavy atom. The summed E-state index contributed by atoms with van der Waals surface area (Å²) in [6, 6.07) is 11.2. The quantitative estimate of drug-likeness (QED) is 0.452. The Morgan fingerprint density at radius 1 is 1.11 bits per heavy atom. The van der Waals surface area contributed by atoms with Crippen molar-refractivity contribution in [1.29, 1.82) is 0 Å². The van der Waals surface area contributed by atoms with Crippen LogP contribution in [-0.2, 0) is 11.3 Å². The number of alkyl halides is 3. The number of nitrogens with one attached hydrogen (secondary N) is 1. The van der Waals surface area contributed by atoms with Gasteiger partial charge in [0.15, 0.2) is 11.5 Å². The first kappa shape index (κ1) is 27.4. The minimum absolute atomic E-state index is 0.0697. The third-order valence-electron chi connectivity index (χ3n) is 5.27. The maximum absolute atomic E-state index is 12.9. The Kier molecular flexibility index (Phi) is 8.22. The van der Waals surface area contributed by atoms with Crippen LogP contribution in [0.25, 0.3) is 0 Å². The van der Waals surface area contributed by atoms with Crippen molar-refractivity contribution in [3.8, 4) is 11.5 Å². The fraction of sp³-hybridized carbons (Fsp3) is 0.400. The Balaban J connectivity index is 1.86. The molecule has 3 rings (SSSR count). The average Bonchev–Trinajstić information content (AvgIpc) is 2.79. The molecule has 0 saturated carbocycles. The summed E-state index contributed by atoms with van der Waals surface area (Å²) < 4.78 is 47.8. The molecule has 36 heavy (non-hydrogen) atoms. The largest absolute Gasteiger partial charge is 0.573 e. The van der Waals surface area contributed by atoms with Gasteiger partial charge >= 0.3 is 11.6 Å². The normalized spacial score (nSPS) is 16.4. The van der Waals surface area contributed by atoms with Gasteiger partial charge in [-0.05, 0) is 42.3 Å². The maximum atomic E-state index is 12.9. The van der Waals surface area contributed by atoms with Crippen LogP contribution in [-0.4, -0.2) is 40.6 Å². The summed E-state index contributed by atoms with van der Waals surface area (Å²) in [5.74, 6) is -0.674. The smallest absolute Gasteiger partial charge is 0.493 e. The highest BCUT2D eigenvalue weighted by molar-refractivity contribution is 8.14. The number of thioether (sulfide) groups is 1. The summed E-state index contributed by atoms with van der Waals surface area (Å²) in [7, 11) is 1.25. The van der Waals surface area contributed by atoms with E-state index in [9.17, 15) is 22.8 Å². The fourth-order valence-electron chi connectivity index (χ4n) is 3.32. The highest BCUT2D eigenvalue weighted by Crippen LogP contribution is 2.36. The predicted molar refractivity (Wildman–Crippen MR) is 133 cm³/mol. The van der Waals surface area contributed by atoms with E-state index in [0.717, 1.165) is 17.3 Å². The van der Waals surface area contributed by atoms with E-state index in [0.29, 0.717) is 23.4 Å². The molecular weight excluding hydrogens is 495 g/mol. The number of benzene rings is 2. The van der Waals surface area contributed by atoms with Crippen LogP contribution in [0.2, 0.25) is 0 Å². The second-order valence-corrected chi connectivity index (χ2v) is 10.3. The molecule has 1 aliphatic rings. The monoisotopic (exact) mass is 523 g/mol. The zero-order chi connectivity index (χ0) is 26.7. The van der Waals surface area contributed by atoms with Crippen molar-refractivity contribution in [3.63, 3.8) is 0 Å². The number of rotatable bonds is 7. The molecule has 1 N–H and O–H groups in total. The van der Waals surface area contributed by atoms with Gasteiger partial charge in [-0.25, -0.2) is 5.01 Å². The van der Waals surface area contributed by atoms with Crippen molar-refractivity contribution in [2.24, 2.45) is 10.5 Å². The van der Waals surface area contributed by atoms with Gasteiger partial charge in [0.25, 0.3) is 0 Å². The van der Waals surface area contributed by atoms with Crippen LogP contribution < -0.4 is 14.8 Å². The average molecular weight is 524 g/mol. The van der Waals surface area contributed by atoms with Gasteiger partial charge in [-0.2, -0.15) is 5.10 Å². The molecule has 0 aromatic heterocycles. The highest BCUT2D eigenvalue weighted by Gasteiger charge is 2.34. The summed E-state index contributed by atoms with van der Waals surface area (Å²) in [5, 5.41) is 8.03. The summed E-state index contributed by atoms with van der Waals surface area (Å²) in [6.45, 7) is 7.47. The number of hydrazone groups is 1. The summed E-state index contributed by atoms with van der Waals surface area (Å²) in [6.07, 6.45) is -4.34. The van der Waals surface area contributed by atoms with Crippen LogP contribution in [0.1, 0.15) is 45.2 Å². The van der Waals surface area contributed by atoms with Gasteiger partial charge < -0.3 is 14.8 Å². The number of carbonyl (C=O) groups is 2. The second kappa shape index (κ2) is 10.8. The molecule has 1 unspecified atom stereocenters. The third kappa shape index (κ3) is 6.93. The van der Waals surface area contributed by atoms with Crippen molar-refractivity contribution < 1.29 is 32.2 Å².